The maximum absolute atomic E-state index is 5.68. The van der Waals surface area contributed by atoms with Gasteiger partial charge >= 0.3 is 0 Å². The lowest BCUT2D eigenvalue weighted by Gasteiger charge is -2.12. The van der Waals surface area contributed by atoms with Gasteiger partial charge in [-0.3, -0.25) is 0 Å². The molecule has 0 heterocycles. The first-order chi connectivity index (χ1) is 10.2. The van der Waals surface area contributed by atoms with Crippen molar-refractivity contribution in [3.8, 4) is 17.2 Å². The molecular formula is C17H21NO3. The van der Waals surface area contributed by atoms with Crippen LogP contribution in [0.4, 0.5) is 0 Å². The molecule has 21 heavy (non-hydrogen) atoms. The van der Waals surface area contributed by atoms with Crippen molar-refractivity contribution in [2.75, 3.05) is 20.3 Å². The third-order valence-electron chi connectivity index (χ3n) is 3.09. The fourth-order valence-electron chi connectivity index (χ4n) is 1.90. The van der Waals surface area contributed by atoms with Crippen molar-refractivity contribution >= 4 is 0 Å². The fraction of sp³-hybridized carbons (Fsp3) is 0.294. The highest BCUT2D eigenvalue weighted by molar-refractivity contribution is 5.42. The highest BCUT2D eigenvalue weighted by atomic mass is 16.5. The van der Waals surface area contributed by atoms with Crippen LogP contribution >= 0.6 is 0 Å². The smallest absolute Gasteiger partial charge is 0.161 e. The van der Waals surface area contributed by atoms with E-state index in [9.17, 15) is 0 Å². The van der Waals surface area contributed by atoms with E-state index < -0.39 is 0 Å². The summed E-state index contributed by atoms with van der Waals surface area (Å²) in [6.07, 6.45) is 0. The van der Waals surface area contributed by atoms with E-state index in [2.05, 4.69) is 0 Å². The second-order valence-corrected chi connectivity index (χ2v) is 4.70. The van der Waals surface area contributed by atoms with E-state index in [4.69, 9.17) is 19.9 Å². The van der Waals surface area contributed by atoms with Crippen molar-refractivity contribution in [2.45, 2.75) is 13.5 Å². The lowest BCUT2D eigenvalue weighted by molar-refractivity contribution is 0.211. The lowest BCUT2D eigenvalue weighted by atomic mass is 10.2. The molecule has 0 fully saturated rings. The third kappa shape index (κ3) is 4.39. The highest BCUT2D eigenvalue weighted by Crippen LogP contribution is 2.27. The van der Waals surface area contributed by atoms with E-state index in [1.165, 1.54) is 5.56 Å². The Morgan fingerprint density at radius 2 is 1.62 bits per heavy atom. The molecule has 0 aliphatic heterocycles. The minimum absolute atomic E-state index is 0.451. The molecule has 0 bridgehead atoms. The number of hydrogen-bond acceptors (Lipinski definition) is 4. The molecule has 0 radical (unpaired) electrons. The van der Waals surface area contributed by atoms with E-state index in [-0.39, 0.29) is 0 Å². The number of rotatable bonds is 7. The molecule has 0 amide bonds. The second-order valence-electron chi connectivity index (χ2n) is 4.70. The van der Waals surface area contributed by atoms with Crippen LogP contribution in [0.25, 0.3) is 0 Å². The van der Waals surface area contributed by atoms with Crippen LogP contribution in [-0.2, 0) is 6.54 Å². The van der Waals surface area contributed by atoms with Crippen LogP contribution in [0.2, 0.25) is 0 Å². The average molecular weight is 287 g/mol. The topological polar surface area (TPSA) is 53.7 Å². The summed E-state index contributed by atoms with van der Waals surface area (Å²) in [5.41, 5.74) is 7.82. The summed E-state index contributed by atoms with van der Waals surface area (Å²) in [4.78, 5) is 0. The van der Waals surface area contributed by atoms with Gasteiger partial charge in [0.2, 0.25) is 0 Å². The van der Waals surface area contributed by atoms with E-state index in [1.807, 2.05) is 49.4 Å². The molecule has 0 spiro atoms. The number of benzene rings is 2. The molecule has 4 nitrogen and oxygen atoms in total. The maximum atomic E-state index is 5.68. The Balaban J connectivity index is 1.84. The van der Waals surface area contributed by atoms with Gasteiger partial charge in [-0.1, -0.05) is 23.8 Å². The molecule has 0 aliphatic rings. The average Bonchev–Trinajstić information content (AvgIpc) is 2.53. The number of methoxy groups -OCH3 is 1. The Morgan fingerprint density at radius 3 is 2.29 bits per heavy atom. The first-order valence-corrected chi connectivity index (χ1v) is 6.92. The molecule has 0 aromatic heterocycles. The van der Waals surface area contributed by atoms with Gasteiger partial charge in [0, 0.05) is 6.54 Å². The van der Waals surface area contributed by atoms with Crippen LogP contribution < -0.4 is 19.9 Å². The Bertz CT molecular complexity index is 567. The number of aryl methyl sites for hydroxylation is 1. The van der Waals surface area contributed by atoms with E-state index >= 15 is 0 Å². The van der Waals surface area contributed by atoms with Gasteiger partial charge in [0.1, 0.15) is 19.0 Å². The Morgan fingerprint density at radius 1 is 0.905 bits per heavy atom. The van der Waals surface area contributed by atoms with Crippen LogP contribution in [0.15, 0.2) is 42.5 Å². The molecular weight excluding hydrogens is 266 g/mol. The van der Waals surface area contributed by atoms with Gasteiger partial charge in [0.15, 0.2) is 11.5 Å². The SMILES string of the molecule is COc1cc(CN)ccc1OCCOc1ccc(C)cc1. The van der Waals surface area contributed by atoms with Crippen LogP contribution in [0.5, 0.6) is 17.2 Å². The summed E-state index contributed by atoms with van der Waals surface area (Å²) >= 11 is 0. The van der Waals surface area contributed by atoms with E-state index in [0.29, 0.717) is 31.3 Å². The minimum atomic E-state index is 0.451. The maximum Gasteiger partial charge on any atom is 0.161 e. The van der Waals surface area contributed by atoms with Crippen LogP contribution in [0.1, 0.15) is 11.1 Å². The zero-order valence-corrected chi connectivity index (χ0v) is 12.5. The van der Waals surface area contributed by atoms with E-state index in [1.54, 1.807) is 7.11 Å². The zero-order chi connectivity index (χ0) is 15.1. The normalized spacial score (nSPS) is 10.2. The second kappa shape index (κ2) is 7.55. The molecule has 2 rings (SSSR count). The van der Waals surface area contributed by atoms with Crippen molar-refractivity contribution in [3.63, 3.8) is 0 Å². The monoisotopic (exact) mass is 287 g/mol. The molecule has 0 atom stereocenters. The number of ether oxygens (including phenoxy) is 3. The Labute approximate surface area is 125 Å². The van der Waals surface area contributed by atoms with Gasteiger partial charge in [0.05, 0.1) is 7.11 Å². The van der Waals surface area contributed by atoms with Crippen LogP contribution in [-0.4, -0.2) is 20.3 Å². The zero-order valence-electron chi connectivity index (χ0n) is 12.5. The molecule has 0 aliphatic carbocycles. The van der Waals surface area contributed by atoms with Crippen molar-refractivity contribution < 1.29 is 14.2 Å². The predicted molar refractivity (Wildman–Crippen MR) is 83.1 cm³/mol. The number of hydrogen-bond donors (Lipinski definition) is 1. The van der Waals surface area contributed by atoms with Gasteiger partial charge < -0.3 is 19.9 Å². The highest BCUT2D eigenvalue weighted by Gasteiger charge is 2.05. The molecule has 0 saturated carbocycles. The van der Waals surface area contributed by atoms with Gasteiger partial charge in [0.25, 0.3) is 0 Å². The molecule has 0 saturated heterocycles. The van der Waals surface area contributed by atoms with Crippen molar-refractivity contribution in [1.29, 1.82) is 0 Å². The Hall–Kier alpha value is -2.20. The Kier molecular flexibility index (Phi) is 5.46. The summed E-state index contributed by atoms with van der Waals surface area (Å²) in [5, 5.41) is 0. The van der Waals surface area contributed by atoms with Crippen molar-refractivity contribution in [1.82, 2.24) is 0 Å². The summed E-state index contributed by atoms with van der Waals surface area (Å²) in [7, 11) is 1.62. The van der Waals surface area contributed by atoms with Gasteiger partial charge in [-0.25, -0.2) is 0 Å². The lowest BCUT2D eigenvalue weighted by Crippen LogP contribution is -2.09. The minimum Gasteiger partial charge on any atom is -0.493 e. The van der Waals surface area contributed by atoms with Crippen LogP contribution in [0, 0.1) is 6.92 Å². The molecule has 2 aromatic rings. The van der Waals surface area contributed by atoms with Crippen LogP contribution in [0.3, 0.4) is 0 Å². The quantitative estimate of drug-likeness (QED) is 0.796. The fourth-order valence-corrected chi connectivity index (χ4v) is 1.90. The van der Waals surface area contributed by atoms with Crippen molar-refractivity contribution in [2.24, 2.45) is 5.73 Å². The molecule has 4 heteroatoms. The molecule has 112 valence electrons. The molecule has 2 N–H and O–H groups in total. The summed E-state index contributed by atoms with van der Waals surface area (Å²) < 4.78 is 16.6. The van der Waals surface area contributed by atoms with Gasteiger partial charge in [-0.2, -0.15) is 0 Å². The number of nitrogens with two attached hydrogens (primary N) is 1. The largest absolute Gasteiger partial charge is 0.493 e. The first kappa shape index (κ1) is 15.2. The standard InChI is InChI=1S/C17H21NO3/c1-13-3-6-15(7-4-13)20-9-10-21-16-8-5-14(12-18)11-17(16)19-2/h3-8,11H,9-10,12,18H2,1-2H3. The van der Waals surface area contributed by atoms with Crippen molar-refractivity contribution in [3.05, 3.63) is 53.6 Å². The summed E-state index contributed by atoms with van der Waals surface area (Å²) in [6.45, 7) is 3.45. The summed E-state index contributed by atoms with van der Waals surface area (Å²) in [6, 6.07) is 13.6. The summed E-state index contributed by atoms with van der Waals surface area (Å²) in [5.74, 6) is 2.23. The van der Waals surface area contributed by atoms with Gasteiger partial charge in [-0.15, -0.1) is 0 Å². The molecule has 2 aromatic carbocycles. The van der Waals surface area contributed by atoms with E-state index in [0.717, 1.165) is 11.3 Å². The van der Waals surface area contributed by atoms with Gasteiger partial charge in [-0.05, 0) is 36.8 Å². The third-order valence-corrected chi connectivity index (χ3v) is 3.09. The molecule has 0 unspecified atom stereocenters. The first-order valence-electron chi connectivity index (χ1n) is 6.92. The predicted octanol–water partition coefficient (Wildman–Crippen LogP) is 2.92.